The van der Waals surface area contributed by atoms with Crippen molar-refractivity contribution >= 4 is 23.1 Å². The van der Waals surface area contributed by atoms with Crippen LogP contribution in [0.15, 0.2) is 30.5 Å². The molecule has 1 aromatic rings. The molecule has 0 spiro atoms. The summed E-state index contributed by atoms with van der Waals surface area (Å²) in [4.78, 5) is 23.1. The van der Waals surface area contributed by atoms with Crippen molar-refractivity contribution in [3.63, 3.8) is 0 Å². The van der Waals surface area contributed by atoms with Crippen LogP contribution in [0.2, 0.25) is 0 Å². The number of benzene rings is 1. The molecule has 6 heteroatoms. The zero-order valence-corrected chi connectivity index (χ0v) is 11.5. The van der Waals surface area contributed by atoms with Crippen LogP contribution in [-0.4, -0.2) is 23.5 Å². The Morgan fingerprint density at radius 1 is 1.43 bits per heavy atom. The molecule has 2 rings (SSSR count). The van der Waals surface area contributed by atoms with E-state index in [4.69, 9.17) is 5.11 Å². The molecule has 0 atom stereocenters. The number of fused-ring (bicyclic) bond motifs is 1. The number of hydrogen-bond acceptors (Lipinski definition) is 3. The van der Waals surface area contributed by atoms with Gasteiger partial charge in [-0.1, -0.05) is 13.5 Å². The molecule has 0 bridgehead atoms. The fourth-order valence-corrected chi connectivity index (χ4v) is 2.09. The molecule has 21 heavy (non-hydrogen) atoms. The second kappa shape index (κ2) is 5.78. The summed E-state index contributed by atoms with van der Waals surface area (Å²) in [5, 5.41) is 14.2. The number of carbonyl (C=O) groups excluding carboxylic acids is 1. The largest absolute Gasteiger partial charge is 0.477 e. The van der Waals surface area contributed by atoms with Gasteiger partial charge in [0.2, 0.25) is 0 Å². The maximum absolute atomic E-state index is 13.9. The van der Waals surface area contributed by atoms with E-state index >= 15 is 0 Å². The van der Waals surface area contributed by atoms with E-state index in [0.29, 0.717) is 6.54 Å². The third-order valence-corrected chi connectivity index (χ3v) is 3.06. The monoisotopic (exact) mass is 290 g/mol. The van der Waals surface area contributed by atoms with Crippen molar-refractivity contribution in [2.75, 3.05) is 11.9 Å². The van der Waals surface area contributed by atoms with Gasteiger partial charge in [0, 0.05) is 17.7 Å². The summed E-state index contributed by atoms with van der Waals surface area (Å²) >= 11 is 0. The topological polar surface area (TPSA) is 78.4 Å². The van der Waals surface area contributed by atoms with Crippen LogP contribution >= 0.6 is 0 Å². The van der Waals surface area contributed by atoms with Crippen molar-refractivity contribution in [1.29, 1.82) is 0 Å². The normalized spacial score (nSPS) is 13.0. The average molecular weight is 290 g/mol. The van der Waals surface area contributed by atoms with Crippen molar-refractivity contribution in [2.24, 2.45) is 0 Å². The SMILES string of the molecule is C=C1C=C(C(=O)O)Nc2c(F)ccc(C(=O)NCCC)c21. The number of hydrogen-bond donors (Lipinski definition) is 3. The maximum atomic E-state index is 13.9. The van der Waals surface area contributed by atoms with Crippen LogP contribution < -0.4 is 10.6 Å². The second-order valence-corrected chi connectivity index (χ2v) is 4.61. The predicted molar refractivity (Wildman–Crippen MR) is 77.4 cm³/mol. The molecule has 0 aromatic heterocycles. The Kier molecular flexibility index (Phi) is 4.07. The number of anilines is 1. The van der Waals surface area contributed by atoms with Crippen molar-refractivity contribution < 1.29 is 19.1 Å². The van der Waals surface area contributed by atoms with Gasteiger partial charge in [-0.25, -0.2) is 9.18 Å². The molecule has 1 heterocycles. The van der Waals surface area contributed by atoms with Gasteiger partial charge in [0.05, 0.1) is 5.69 Å². The molecule has 0 unspecified atom stereocenters. The zero-order chi connectivity index (χ0) is 15.6. The molecule has 0 saturated carbocycles. The lowest BCUT2D eigenvalue weighted by Gasteiger charge is -2.21. The third kappa shape index (κ3) is 2.79. The Morgan fingerprint density at radius 2 is 2.14 bits per heavy atom. The summed E-state index contributed by atoms with van der Waals surface area (Å²) in [6.45, 7) is 6.15. The molecule has 5 nitrogen and oxygen atoms in total. The number of halogens is 1. The van der Waals surface area contributed by atoms with Crippen LogP contribution in [0.4, 0.5) is 10.1 Å². The summed E-state index contributed by atoms with van der Waals surface area (Å²) in [5.41, 5.74) is 0.607. The zero-order valence-electron chi connectivity index (χ0n) is 11.5. The fourth-order valence-electron chi connectivity index (χ4n) is 2.09. The predicted octanol–water partition coefficient (Wildman–Crippen LogP) is 2.37. The molecule has 0 aliphatic carbocycles. The van der Waals surface area contributed by atoms with Crippen LogP contribution in [0.1, 0.15) is 29.3 Å². The number of carboxylic acids is 1. The smallest absolute Gasteiger partial charge is 0.352 e. The van der Waals surface area contributed by atoms with Gasteiger partial charge < -0.3 is 15.7 Å². The second-order valence-electron chi connectivity index (χ2n) is 4.61. The number of carboxylic acid groups (broad SMARTS) is 1. The number of rotatable bonds is 4. The number of amides is 1. The molecule has 1 aliphatic rings. The first-order valence-electron chi connectivity index (χ1n) is 6.47. The Balaban J connectivity index is 2.49. The van der Waals surface area contributed by atoms with Crippen molar-refractivity contribution in [1.82, 2.24) is 5.32 Å². The molecule has 3 N–H and O–H groups in total. The van der Waals surface area contributed by atoms with E-state index < -0.39 is 11.8 Å². The highest BCUT2D eigenvalue weighted by Gasteiger charge is 2.25. The van der Waals surface area contributed by atoms with Crippen LogP contribution in [0.5, 0.6) is 0 Å². The Morgan fingerprint density at radius 3 is 2.76 bits per heavy atom. The van der Waals surface area contributed by atoms with E-state index in [1.807, 2.05) is 6.92 Å². The summed E-state index contributed by atoms with van der Waals surface area (Å²) in [6, 6.07) is 2.50. The lowest BCUT2D eigenvalue weighted by atomic mass is 9.94. The Hall–Kier alpha value is -2.63. The summed E-state index contributed by atoms with van der Waals surface area (Å²) in [5.74, 6) is -2.20. The fraction of sp³-hybridized carbons (Fsp3) is 0.200. The van der Waals surface area contributed by atoms with Crippen molar-refractivity contribution in [2.45, 2.75) is 13.3 Å². The van der Waals surface area contributed by atoms with Gasteiger partial charge in [-0.15, -0.1) is 0 Å². The number of aliphatic carboxylic acids is 1. The first-order valence-corrected chi connectivity index (χ1v) is 6.47. The Bertz CT molecular complexity index is 665. The highest BCUT2D eigenvalue weighted by Crippen LogP contribution is 2.35. The van der Waals surface area contributed by atoms with Crippen LogP contribution in [0.3, 0.4) is 0 Å². The molecule has 1 amide bonds. The van der Waals surface area contributed by atoms with Crippen LogP contribution in [-0.2, 0) is 4.79 Å². The van der Waals surface area contributed by atoms with Gasteiger partial charge >= 0.3 is 5.97 Å². The van der Waals surface area contributed by atoms with Gasteiger partial charge in [0.1, 0.15) is 11.5 Å². The average Bonchev–Trinajstić information content (AvgIpc) is 2.45. The van der Waals surface area contributed by atoms with E-state index in [1.165, 1.54) is 12.1 Å². The minimum Gasteiger partial charge on any atom is -0.477 e. The number of nitrogens with one attached hydrogen (secondary N) is 2. The van der Waals surface area contributed by atoms with E-state index in [0.717, 1.165) is 12.5 Å². The Labute approximate surface area is 121 Å². The van der Waals surface area contributed by atoms with Crippen LogP contribution in [0, 0.1) is 5.82 Å². The molecule has 0 fully saturated rings. The molecule has 110 valence electrons. The highest BCUT2D eigenvalue weighted by atomic mass is 19.1. The molecule has 1 aromatic carbocycles. The van der Waals surface area contributed by atoms with Crippen molar-refractivity contribution in [3.8, 4) is 0 Å². The first-order chi connectivity index (χ1) is 9.95. The van der Waals surface area contributed by atoms with Crippen LogP contribution in [0.25, 0.3) is 5.57 Å². The minimum atomic E-state index is -1.22. The molecule has 1 aliphatic heterocycles. The maximum Gasteiger partial charge on any atom is 0.352 e. The van der Waals surface area contributed by atoms with Crippen molar-refractivity contribution in [3.05, 3.63) is 47.4 Å². The van der Waals surface area contributed by atoms with Gasteiger partial charge in [0.15, 0.2) is 0 Å². The van der Waals surface area contributed by atoms with Gasteiger partial charge in [-0.2, -0.15) is 0 Å². The lowest BCUT2D eigenvalue weighted by molar-refractivity contribution is -0.132. The summed E-state index contributed by atoms with van der Waals surface area (Å²) in [6.07, 6.45) is 2.05. The van der Waals surface area contributed by atoms with E-state index in [-0.39, 0.29) is 34.0 Å². The van der Waals surface area contributed by atoms with Gasteiger partial charge in [-0.3, -0.25) is 4.79 Å². The van der Waals surface area contributed by atoms with Gasteiger partial charge in [0.25, 0.3) is 5.91 Å². The molecular formula is C15H15FN2O3. The summed E-state index contributed by atoms with van der Waals surface area (Å²) < 4.78 is 13.9. The molecule has 0 radical (unpaired) electrons. The third-order valence-electron chi connectivity index (χ3n) is 3.06. The minimum absolute atomic E-state index is 0.0379. The lowest BCUT2D eigenvalue weighted by Crippen LogP contribution is -2.26. The quantitative estimate of drug-likeness (QED) is 0.795. The van der Waals surface area contributed by atoms with E-state index in [1.54, 1.807) is 0 Å². The molecular weight excluding hydrogens is 275 g/mol. The summed E-state index contributed by atoms with van der Waals surface area (Å²) in [7, 11) is 0. The number of allylic oxidation sites excluding steroid dienone is 2. The van der Waals surface area contributed by atoms with Gasteiger partial charge in [-0.05, 0) is 30.2 Å². The highest BCUT2D eigenvalue weighted by molar-refractivity contribution is 6.06. The number of carbonyl (C=O) groups is 2. The first kappa shape index (κ1) is 14.8. The molecule has 0 saturated heterocycles. The standard InChI is InChI=1S/C15H15FN2O3/c1-3-6-17-14(19)9-4-5-10(16)13-12(9)8(2)7-11(18-13)15(20)21/h4-5,7,18H,2-3,6H2,1H3,(H,17,19)(H,20,21). The van der Waals surface area contributed by atoms with E-state index in [2.05, 4.69) is 17.2 Å². The van der Waals surface area contributed by atoms with E-state index in [9.17, 15) is 14.0 Å².